The summed E-state index contributed by atoms with van der Waals surface area (Å²) >= 11 is 0. The van der Waals surface area contributed by atoms with Crippen LogP contribution in [0.5, 0.6) is 0 Å². The van der Waals surface area contributed by atoms with Crippen LogP contribution < -0.4 is 5.32 Å². The Bertz CT molecular complexity index is 636. The quantitative estimate of drug-likeness (QED) is 0.394. The number of amides is 1. The number of carbonyl (C=O) groups is 1. The third-order valence-corrected chi connectivity index (χ3v) is 5.19. The molecule has 0 fully saturated rings. The van der Waals surface area contributed by atoms with Crippen LogP contribution in [0.4, 0.5) is 0 Å². The van der Waals surface area contributed by atoms with Gasteiger partial charge in [0.2, 0.25) is 5.91 Å². The largest absolute Gasteiger partial charge is 0.357 e. The van der Waals surface area contributed by atoms with E-state index >= 15 is 0 Å². The summed E-state index contributed by atoms with van der Waals surface area (Å²) in [5, 5.41) is 12.0. The third-order valence-electron chi connectivity index (χ3n) is 5.19. The molecule has 0 bridgehead atoms. The Hall–Kier alpha value is -2.12. The lowest BCUT2D eigenvalue weighted by Crippen LogP contribution is -2.45. The van der Waals surface area contributed by atoms with Crippen LogP contribution in [-0.2, 0) is 24.2 Å². The second-order valence-corrected chi connectivity index (χ2v) is 7.26. The van der Waals surface area contributed by atoms with E-state index < -0.39 is 0 Å². The zero-order valence-corrected chi connectivity index (χ0v) is 18.1. The van der Waals surface area contributed by atoms with Crippen molar-refractivity contribution in [3.8, 4) is 0 Å². The molecule has 1 amide bonds. The monoisotopic (exact) mass is 391 g/mol. The molecule has 0 unspecified atom stereocenters. The van der Waals surface area contributed by atoms with Gasteiger partial charge in [-0.05, 0) is 40.0 Å². The maximum atomic E-state index is 12.4. The van der Waals surface area contributed by atoms with Crippen molar-refractivity contribution in [2.75, 3.05) is 39.8 Å². The van der Waals surface area contributed by atoms with Crippen LogP contribution >= 0.6 is 0 Å². The number of guanidine groups is 1. The molecule has 0 spiro atoms. The molecule has 1 N–H and O–H groups in total. The minimum atomic E-state index is 0.129. The van der Waals surface area contributed by atoms with Gasteiger partial charge in [-0.15, -0.1) is 10.2 Å². The second-order valence-electron chi connectivity index (χ2n) is 7.26. The number of carbonyl (C=O) groups excluding carboxylic acids is 1. The van der Waals surface area contributed by atoms with Crippen molar-refractivity contribution < 1.29 is 4.79 Å². The molecule has 158 valence electrons. The first-order chi connectivity index (χ1) is 13.6. The molecule has 1 aromatic heterocycles. The Kier molecular flexibility index (Phi) is 9.23. The van der Waals surface area contributed by atoms with E-state index in [9.17, 15) is 4.79 Å². The highest BCUT2D eigenvalue weighted by atomic mass is 16.2. The molecule has 0 atom stereocenters. The molecule has 0 saturated carbocycles. The van der Waals surface area contributed by atoms with Crippen LogP contribution in [0.25, 0.3) is 0 Å². The first-order valence-electron chi connectivity index (χ1n) is 10.8. The van der Waals surface area contributed by atoms with Crippen LogP contribution in [0.1, 0.15) is 58.1 Å². The lowest BCUT2D eigenvalue weighted by Gasteiger charge is -2.25. The lowest BCUT2D eigenvalue weighted by molar-refractivity contribution is -0.131. The zero-order chi connectivity index (χ0) is 20.4. The van der Waals surface area contributed by atoms with Crippen LogP contribution in [0, 0.1) is 0 Å². The number of nitrogens with one attached hydrogen (secondary N) is 1. The Morgan fingerprint density at radius 3 is 2.68 bits per heavy atom. The van der Waals surface area contributed by atoms with E-state index in [4.69, 9.17) is 4.99 Å². The fraction of sp³-hybridized carbons (Fsp3) is 0.800. The summed E-state index contributed by atoms with van der Waals surface area (Å²) in [4.78, 5) is 20.8. The van der Waals surface area contributed by atoms with Crippen LogP contribution in [0.3, 0.4) is 0 Å². The van der Waals surface area contributed by atoms with Crippen molar-refractivity contribution in [2.24, 2.45) is 4.99 Å². The van der Waals surface area contributed by atoms with Crippen molar-refractivity contribution in [2.45, 2.75) is 65.8 Å². The van der Waals surface area contributed by atoms with Gasteiger partial charge in [0.1, 0.15) is 11.6 Å². The molecule has 0 radical (unpaired) electrons. The molecule has 1 aliphatic heterocycles. The van der Waals surface area contributed by atoms with Gasteiger partial charge in [0, 0.05) is 52.6 Å². The van der Waals surface area contributed by atoms with Gasteiger partial charge in [0.05, 0.1) is 6.54 Å². The summed E-state index contributed by atoms with van der Waals surface area (Å²) in [6.45, 7) is 10.4. The van der Waals surface area contributed by atoms with E-state index in [1.807, 2.05) is 37.6 Å². The number of nitrogens with zero attached hydrogens (tertiary/aromatic N) is 6. The molecule has 1 aromatic rings. The number of aliphatic imine (C=N–C) groups is 1. The molecule has 2 rings (SSSR count). The molecule has 0 aliphatic carbocycles. The number of hydrogen-bond donors (Lipinski definition) is 1. The molecule has 8 heteroatoms. The van der Waals surface area contributed by atoms with Gasteiger partial charge in [-0.1, -0.05) is 6.42 Å². The Balaban J connectivity index is 1.88. The van der Waals surface area contributed by atoms with Crippen molar-refractivity contribution in [3.63, 3.8) is 0 Å². The summed E-state index contributed by atoms with van der Waals surface area (Å²) in [7, 11) is 1.92. The zero-order valence-electron chi connectivity index (χ0n) is 18.1. The summed E-state index contributed by atoms with van der Waals surface area (Å²) in [6.07, 6.45) is 6.56. The average molecular weight is 392 g/mol. The smallest absolute Gasteiger partial charge is 0.242 e. The topological polar surface area (TPSA) is 78.6 Å². The SMILES string of the molecule is CCNC(=NCCCc1nnc2n1CCCCC2)N(C)CC(=O)N(CC)CC. The Morgan fingerprint density at radius 1 is 1.18 bits per heavy atom. The number of fused-ring (bicyclic) bond motifs is 1. The van der Waals surface area contributed by atoms with Gasteiger partial charge in [-0.25, -0.2) is 0 Å². The van der Waals surface area contributed by atoms with E-state index in [1.54, 1.807) is 0 Å². The first-order valence-corrected chi connectivity index (χ1v) is 10.8. The molecule has 1 aliphatic rings. The highest BCUT2D eigenvalue weighted by Crippen LogP contribution is 2.15. The summed E-state index contributed by atoms with van der Waals surface area (Å²) in [5.41, 5.74) is 0. The fourth-order valence-electron chi connectivity index (χ4n) is 3.58. The Labute approximate surface area is 169 Å². The van der Waals surface area contributed by atoms with E-state index in [0.717, 1.165) is 63.0 Å². The van der Waals surface area contributed by atoms with Gasteiger partial charge in [0.25, 0.3) is 0 Å². The Morgan fingerprint density at radius 2 is 1.96 bits per heavy atom. The minimum absolute atomic E-state index is 0.129. The number of aryl methyl sites for hydroxylation is 2. The fourth-order valence-corrected chi connectivity index (χ4v) is 3.58. The van der Waals surface area contributed by atoms with E-state index in [-0.39, 0.29) is 5.91 Å². The highest BCUT2D eigenvalue weighted by Gasteiger charge is 2.16. The predicted octanol–water partition coefficient (Wildman–Crippen LogP) is 1.70. The molecular weight excluding hydrogens is 354 g/mol. The van der Waals surface area contributed by atoms with Crippen molar-refractivity contribution in [1.29, 1.82) is 0 Å². The molecule has 0 saturated heterocycles. The standard InChI is InChI=1S/C20H37N7O/c1-5-21-20(25(4)16-19(28)26(6-2)7-3)22-14-11-13-18-24-23-17-12-9-8-10-15-27(17)18/h5-16H2,1-4H3,(H,21,22). The van der Waals surface area contributed by atoms with E-state index in [1.165, 1.54) is 19.3 Å². The van der Waals surface area contributed by atoms with Gasteiger partial charge < -0.3 is 19.7 Å². The number of aromatic nitrogens is 3. The molecule has 28 heavy (non-hydrogen) atoms. The van der Waals surface area contributed by atoms with Crippen molar-refractivity contribution >= 4 is 11.9 Å². The highest BCUT2D eigenvalue weighted by molar-refractivity contribution is 5.86. The summed E-state index contributed by atoms with van der Waals surface area (Å²) in [5.74, 6) is 3.13. The van der Waals surface area contributed by atoms with E-state index in [0.29, 0.717) is 13.1 Å². The van der Waals surface area contributed by atoms with Gasteiger partial charge in [-0.3, -0.25) is 9.79 Å². The normalized spacial score (nSPS) is 14.4. The predicted molar refractivity (Wildman–Crippen MR) is 112 cm³/mol. The van der Waals surface area contributed by atoms with Crippen LogP contribution in [0.2, 0.25) is 0 Å². The van der Waals surface area contributed by atoms with Crippen LogP contribution in [-0.4, -0.2) is 76.2 Å². The molecule has 2 heterocycles. The summed E-state index contributed by atoms with van der Waals surface area (Å²) in [6, 6.07) is 0. The average Bonchev–Trinajstić information content (AvgIpc) is 2.91. The number of hydrogen-bond acceptors (Lipinski definition) is 4. The number of rotatable bonds is 9. The summed E-state index contributed by atoms with van der Waals surface area (Å²) < 4.78 is 2.30. The van der Waals surface area contributed by atoms with Crippen molar-refractivity contribution in [1.82, 2.24) is 29.9 Å². The number of likely N-dealkylation sites (N-methyl/N-ethyl adjacent to an activating group) is 2. The van der Waals surface area contributed by atoms with Crippen molar-refractivity contribution in [3.05, 3.63) is 11.6 Å². The van der Waals surface area contributed by atoms with Crippen LogP contribution in [0.15, 0.2) is 4.99 Å². The maximum Gasteiger partial charge on any atom is 0.242 e. The minimum Gasteiger partial charge on any atom is -0.357 e. The molecule has 0 aromatic carbocycles. The third kappa shape index (κ3) is 6.21. The van der Waals surface area contributed by atoms with Gasteiger partial charge >= 0.3 is 0 Å². The first kappa shape index (κ1) is 22.2. The van der Waals surface area contributed by atoms with E-state index in [2.05, 4.69) is 20.1 Å². The molecular formula is C20H37N7O. The second kappa shape index (κ2) is 11.7. The lowest BCUT2D eigenvalue weighted by atomic mass is 10.2. The van der Waals surface area contributed by atoms with Gasteiger partial charge in [-0.2, -0.15) is 0 Å². The maximum absolute atomic E-state index is 12.4. The van der Waals surface area contributed by atoms with Gasteiger partial charge in [0.15, 0.2) is 5.96 Å². The molecule has 8 nitrogen and oxygen atoms in total.